The van der Waals surface area contributed by atoms with Crippen molar-refractivity contribution >= 4 is 11.9 Å². The lowest BCUT2D eigenvalue weighted by Gasteiger charge is -2.32. The second-order valence-electron chi connectivity index (χ2n) is 3.98. The van der Waals surface area contributed by atoms with Gasteiger partial charge in [0.15, 0.2) is 12.4 Å². The molecule has 0 aromatic rings. The van der Waals surface area contributed by atoms with Crippen molar-refractivity contribution in [2.24, 2.45) is 0 Å². The first-order chi connectivity index (χ1) is 8.04. The summed E-state index contributed by atoms with van der Waals surface area (Å²) in [6, 6.07) is -0.726. The van der Waals surface area contributed by atoms with Gasteiger partial charge in [-0.2, -0.15) is 0 Å². The third-order valence-corrected chi connectivity index (χ3v) is 2.86. The number of hydrogen-bond acceptors (Lipinski definition) is 5. The Labute approximate surface area is 96.1 Å². The van der Waals surface area contributed by atoms with Gasteiger partial charge in [0.2, 0.25) is 5.91 Å². The molecular weight excluding hydrogens is 235 g/mol. The summed E-state index contributed by atoms with van der Waals surface area (Å²) in [6.07, 6.45) is -5.53. The van der Waals surface area contributed by atoms with E-state index in [-0.39, 0.29) is 13.0 Å². The van der Waals surface area contributed by atoms with Crippen LogP contribution in [0.2, 0.25) is 0 Å². The standard InChI is InChI=1S/C9H13FN2O5/c10-6-4(3-13)17-8(7(6)15)12-2-1-5(14)11-9(12)16/h4,6-8,13,15H,1-3H2,(H,11,14,16)/t4-,6-,7-,8-/m1/s1. The minimum absolute atomic E-state index is 0.0528. The molecule has 2 rings (SSSR count). The highest BCUT2D eigenvalue weighted by molar-refractivity contribution is 5.96. The third kappa shape index (κ3) is 2.11. The van der Waals surface area contributed by atoms with E-state index in [4.69, 9.17) is 9.84 Å². The maximum atomic E-state index is 13.4. The summed E-state index contributed by atoms with van der Waals surface area (Å²) in [5.41, 5.74) is 0. The summed E-state index contributed by atoms with van der Waals surface area (Å²) >= 11 is 0. The molecule has 2 aliphatic heterocycles. The number of alkyl halides is 1. The highest BCUT2D eigenvalue weighted by atomic mass is 19.1. The summed E-state index contributed by atoms with van der Waals surface area (Å²) < 4.78 is 18.5. The minimum atomic E-state index is -1.75. The molecule has 0 unspecified atom stereocenters. The van der Waals surface area contributed by atoms with Crippen molar-refractivity contribution in [1.82, 2.24) is 10.2 Å². The first-order valence-corrected chi connectivity index (χ1v) is 5.23. The van der Waals surface area contributed by atoms with Gasteiger partial charge >= 0.3 is 6.03 Å². The average molecular weight is 248 g/mol. The number of nitrogens with zero attached hydrogens (tertiary/aromatic N) is 1. The molecule has 7 nitrogen and oxygen atoms in total. The van der Waals surface area contributed by atoms with Crippen LogP contribution in [0.25, 0.3) is 0 Å². The van der Waals surface area contributed by atoms with Crippen molar-refractivity contribution in [2.45, 2.75) is 31.0 Å². The monoisotopic (exact) mass is 248 g/mol. The zero-order valence-electron chi connectivity index (χ0n) is 8.88. The highest BCUT2D eigenvalue weighted by Gasteiger charge is 2.48. The van der Waals surface area contributed by atoms with Crippen LogP contribution in [0.4, 0.5) is 9.18 Å². The van der Waals surface area contributed by atoms with Gasteiger partial charge in [0.1, 0.15) is 12.2 Å². The zero-order chi connectivity index (χ0) is 12.6. The molecule has 0 saturated carbocycles. The largest absolute Gasteiger partial charge is 0.394 e. The van der Waals surface area contributed by atoms with E-state index in [1.165, 1.54) is 0 Å². The summed E-state index contributed by atoms with van der Waals surface area (Å²) in [5.74, 6) is -0.422. The molecule has 96 valence electrons. The molecule has 8 heteroatoms. The SMILES string of the molecule is O=C1CCN([C@@H]2O[C@H](CO)[C@@H](F)[C@H]2O)C(=O)N1. The number of rotatable bonds is 2. The number of imide groups is 1. The second-order valence-corrected chi connectivity index (χ2v) is 3.98. The van der Waals surface area contributed by atoms with Crippen molar-refractivity contribution in [3.8, 4) is 0 Å². The van der Waals surface area contributed by atoms with Gasteiger partial charge in [-0.3, -0.25) is 15.0 Å². The number of amides is 3. The van der Waals surface area contributed by atoms with Crippen LogP contribution in [-0.2, 0) is 9.53 Å². The van der Waals surface area contributed by atoms with Gasteiger partial charge in [0, 0.05) is 13.0 Å². The van der Waals surface area contributed by atoms with E-state index in [1.807, 2.05) is 5.32 Å². The molecule has 3 N–H and O–H groups in total. The van der Waals surface area contributed by atoms with Gasteiger partial charge in [0.05, 0.1) is 6.61 Å². The van der Waals surface area contributed by atoms with Crippen LogP contribution < -0.4 is 5.32 Å². The van der Waals surface area contributed by atoms with Crippen LogP contribution in [0.1, 0.15) is 6.42 Å². The van der Waals surface area contributed by atoms with Crippen molar-refractivity contribution in [2.75, 3.05) is 13.2 Å². The quantitative estimate of drug-likeness (QED) is 0.543. The molecule has 0 aromatic heterocycles. The molecule has 0 radical (unpaired) electrons. The van der Waals surface area contributed by atoms with Crippen molar-refractivity contribution in [3.05, 3.63) is 0 Å². The van der Waals surface area contributed by atoms with Gasteiger partial charge in [0.25, 0.3) is 0 Å². The average Bonchev–Trinajstić information content (AvgIpc) is 2.57. The molecule has 0 aliphatic carbocycles. The highest BCUT2D eigenvalue weighted by Crippen LogP contribution is 2.27. The van der Waals surface area contributed by atoms with Crippen molar-refractivity contribution in [3.63, 3.8) is 0 Å². The van der Waals surface area contributed by atoms with Crippen LogP contribution in [0.5, 0.6) is 0 Å². The smallest absolute Gasteiger partial charge is 0.326 e. The molecule has 2 aliphatic rings. The first kappa shape index (κ1) is 12.2. The fourth-order valence-electron chi connectivity index (χ4n) is 1.93. The first-order valence-electron chi connectivity index (χ1n) is 5.23. The maximum absolute atomic E-state index is 13.4. The summed E-state index contributed by atoms with van der Waals surface area (Å²) in [5, 5.41) is 20.5. The fourth-order valence-corrected chi connectivity index (χ4v) is 1.93. The molecular formula is C9H13FN2O5. The third-order valence-electron chi connectivity index (χ3n) is 2.86. The number of halogens is 1. The number of aliphatic hydroxyl groups excluding tert-OH is 2. The van der Waals surface area contributed by atoms with E-state index in [9.17, 15) is 19.1 Å². The number of nitrogens with one attached hydrogen (secondary N) is 1. The van der Waals surface area contributed by atoms with Crippen LogP contribution in [-0.4, -0.2) is 64.8 Å². The maximum Gasteiger partial charge on any atom is 0.326 e. The summed E-state index contributed by atoms with van der Waals surface area (Å²) in [4.78, 5) is 23.4. The molecule has 4 atom stereocenters. The Morgan fingerprint density at radius 2 is 2.24 bits per heavy atom. The van der Waals surface area contributed by atoms with Crippen LogP contribution >= 0.6 is 0 Å². The Bertz CT molecular complexity index is 339. The van der Waals surface area contributed by atoms with Gasteiger partial charge < -0.3 is 14.9 Å². The van der Waals surface area contributed by atoms with Gasteiger partial charge in [-0.1, -0.05) is 0 Å². The van der Waals surface area contributed by atoms with E-state index in [2.05, 4.69) is 0 Å². The van der Waals surface area contributed by atoms with E-state index >= 15 is 0 Å². The summed E-state index contributed by atoms with van der Waals surface area (Å²) in [7, 11) is 0. The van der Waals surface area contributed by atoms with Crippen molar-refractivity contribution < 1.29 is 28.9 Å². The Morgan fingerprint density at radius 3 is 2.76 bits per heavy atom. The Morgan fingerprint density at radius 1 is 1.53 bits per heavy atom. The zero-order valence-corrected chi connectivity index (χ0v) is 8.88. The van der Waals surface area contributed by atoms with E-state index in [1.54, 1.807) is 0 Å². The van der Waals surface area contributed by atoms with Gasteiger partial charge in [-0.05, 0) is 0 Å². The molecule has 0 spiro atoms. The molecule has 0 bridgehead atoms. The van der Waals surface area contributed by atoms with Gasteiger partial charge in [-0.15, -0.1) is 0 Å². The van der Waals surface area contributed by atoms with Gasteiger partial charge in [-0.25, -0.2) is 9.18 Å². The van der Waals surface area contributed by atoms with Crippen LogP contribution in [0.15, 0.2) is 0 Å². The van der Waals surface area contributed by atoms with E-state index in [0.717, 1.165) is 4.90 Å². The number of carbonyl (C=O) groups excluding carboxylic acids is 2. The van der Waals surface area contributed by atoms with Crippen molar-refractivity contribution in [1.29, 1.82) is 0 Å². The number of aliphatic hydroxyl groups is 2. The summed E-state index contributed by atoms with van der Waals surface area (Å²) in [6.45, 7) is -0.527. The predicted molar refractivity (Wildman–Crippen MR) is 51.5 cm³/mol. The molecule has 3 amide bonds. The van der Waals surface area contributed by atoms with Crippen LogP contribution in [0, 0.1) is 0 Å². The minimum Gasteiger partial charge on any atom is -0.394 e. The lowest BCUT2D eigenvalue weighted by Crippen LogP contribution is -2.56. The normalized spacial score (nSPS) is 38.4. The lowest BCUT2D eigenvalue weighted by atomic mass is 10.1. The molecule has 2 heterocycles. The topological polar surface area (TPSA) is 99.1 Å². The Kier molecular flexibility index (Phi) is 3.27. The number of carbonyl (C=O) groups is 2. The van der Waals surface area contributed by atoms with E-state index in [0.29, 0.717) is 0 Å². The molecule has 0 aromatic carbocycles. The predicted octanol–water partition coefficient (Wildman–Crippen LogP) is -1.66. The molecule has 2 saturated heterocycles. The van der Waals surface area contributed by atoms with E-state index < -0.39 is 43.2 Å². The Balaban J connectivity index is 2.08. The fraction of sp³-hybridized carbons (Fsp3) is 0.778. The number of urea groups is 1. The molecule has 17 heavy (non-hydrogen) atoms. The Hall–Kier alpha value is -1.25. The second kappa shape index (κ2) is 4.55. The van der Waals surface area contributed by atoms with Crippen LogP contribution in [0.3, 0.4) is 0 Å². The number of hydrogen-bond donors (Lipinski definition) is 3. The molecule has 2 fully saturated rings. The lowest BCUT2D eigenvalue weighted by molar-refractivity contribution is -0.125. The number of ether oxygens (including phenoxy) is 1.